The van der Waals surface area contributed by atoms with Crippen LogP contribution in [0.5, 0.6) is 0 Å². The Kier molecular flexibility index (Phi) is 1.32. The SMILES string of the molecule is Fc1cc(Cl)c2nc[nH]c2c1. The van der Waals surface area contributed by atoms with E-state index in [1.165, 1.54) is 18.5 Å². The second kappa shape index (κ2) is 2.20. The molecule has 1 heterocycles. The van der Waals surface area contributed by atoms with Crippen LogP contribution in [0, 0.1) is 5.82 Å². The number of hydrogen-bond acceptors (Lipinski definition) is 1. The third-order valence-corrected chi connectivity index (χ3v) is 1.73. The van der Waals surface area contributed by atoms with Gasteiger partial charge in [-0.2, -0.15) is 0 Å². The Morgan fingerprint density at radius 1 is 1.45 bits per heavy atom. The number of aromatic nitrogens is 2. The lowest BCUT2D eigenvalue weighted by Crippen LogP contribution is -1.76. The van der Waals surface area contributed by atoms with Crippen LogP contribution in [0.15, 0.2) is 18.5 Å². The molecule has 1 aromatic carbocycles. The van der Waals surface area contributed by atoms with Crippen molar-refractivity contribution >= 4 is 22.6 Å². The molecule has 0 fully saturated rings. The molecule has 0 amide bonds. The molecule has 0 aliphatic carbocycles. The maximum atomic E-state index is 12.6. The zero-order valence-corrected chi connectivity index (χ0v) is 6.19. The van der Waals surface area contributed by atoms with Crippen LogP contribution < -0.4 is 0 Å². The Bertz CT molecular complexity index is 396. The van der Waals surface area contributed by atoms with E-state index in [1.807, 2.05) is 0 Å². The van der Waals surface area contributed by atoms with Crippen molar-refractivity contribution in [2.75, 3.05) is 0 Å². The highest BCUT2D eigenvalue weighted by atomic mass is 35.5. The minimum absolute atomic E-state index is 0.334. The van der Waals surface area contributed by atoms with Gasteiger partial charge in [0.15, 0.2) is 0 Å². The van der Waals surface area contributed by atoms with Crippen LogP contribution in [-0.2, 0) is 0 Å². The predicted molar refractivity (Wildman–Crippen MR) is 41.1 cm³/mol. The maximum Gasteiger partial charge on any atom is 0.126 e. The predicted octanol–water partition coefficient (Wildman–Crippen LogP) is 2.36. The molecule has 2 aromatic rings. The molecule has 1 aromatic heterocycles. The highest BCUT2D eigenvalue weighted by molar-refractivity contribution is 6.34. The van der Waals surface area contributed by atoms with Crippen LogP contribution in [0.2, 0.25) is 5.02 Å². The van der Waals surface area contributed by atoms with Crippen molar-refractivity contribution in [1.29, 1.82) is 0 Å². The van der Waals surface area contributed by atoms with Gasteiger partial charge >= 0.3 is 0 Å². The van der Waals surface area contributed by atoms with Gasteiger partial charge in [-0.25, -0.2) is 9.37 Å². The van der Waals surface area contributed by atoms with Gasteiger partial charge in [-0.15, -0.1) is 0 Å². The Hall–Kier alpha value is -1.09. The number of imidazole rings is 1. The van der Waals surface area contributed by atoms with E-state index in [-0.39, 0.29) is 5.82 Å². The van der Waals surface area contributed by atoms with Crippen LogP contribution in [0.4, 0.5) is 4.39 Å². The van der Waals surface area contributed by atoms with Crippen LogP contribution in [0.3, 0.4) is 0 Å². The summed E-state index contributed by atoms with van der Waals surface area (Å²) in [5.74, 6) is -0.355. The van der Waals surface area contributed by atoms with Crippen molar-refractivity contribution in [3.63, 3.8) is 0 Å². The minimum Gasteiger partial charge on any atom is -0.344 e. The average molecular weight is 171 g/mol. The molecular formula is C7H4ClFN2. The molecule has 0 saturated carbocycles. The number of nitrogens with zero attached hydrogens (tertiary/aromatic N) is 1. The Labute approximate surface area is 67.0 Å². The van der Waals surface area contributed by atoms with Crippen LogP contribution in [0.25, 0.3) is 11.0 Å². The summed E-state index contributed by atoms with van der Waals surface area (Å²) in [6.07, 6.45) is 1.48. The van der Waals surface area contributed by atoms with Crippen molar-refractivity contribution in [3.8, 4) is 0 Å². The molecule has 0 spiro atoms. The molecule has 56 valence electrons. The summed E-state index contributed by atoms with van der Waals surface area (Å²) in [5.41, 5.74) is 1.23. The number of fused-ring (bicyclic) bond motifs is 1. The first-order valence-electron chi connectivity index (χ1n) is 3.05. The maximum absolute atomic E-state index is 12.6. The zero-order valence-electron chi connectivity index (χ0n) is 5.44. The van der Waals surface area contributed by atoms with E-state index in [9.17, 15) is 4.39 Å². The van der Waals surface area contributed by atoms with Crippen molar-refractivity contribution in [3.05, 3.63) is 29.3 Å². The summed E-state index contributed by atoms with van der Waals surface area (Å²) in [6.45, 7) is 0. The molecule has 2 rings (SSSR count). The third-order valence-electron chi connectivity index (χ3n) is 1.44. The van der Waals surface area contributed by atoms with Crippen molar-refractivity contribution in [2.24, 2.45) is 0 Å². The lowest BCUT2D eigenvalue weighted by atomic mass is 10.3. The number of halogens is 2. The number of H-pyrrole nitrogens is 1. The number of aromatic amines is 1. The third kappa shape index (κ3) is 0.973. The van der Waals surface area contributed by atoms with Crippen molar-refractivity contribution < 1.29 is 4.39 Å². The molecule has 0 bridgehead atoms. The van der Waals surface area contributed by atoms with E-state index in [1.54, 1.807) is 0 Å². The first-order valence-corrected chi connectivity index (χ1v) is 3.43. The second-order valence-corrected chi connectivity index (χ2v) is 2.59. The van der Waals surface area contributed by atoms with Gasteiger partial charge in [-0.05, 0) is 12.1 Å². The smallest absolute Gasteiger partial charge is 0.126 e. The molecule has 0 atom stereocenters. The highest BCUT2D eigenvalue weighted by Gasteiger charge is 2.02. The van der Waals surface area contributed by atoms with E-state index in [0.29, 0.717) is 16.1 Å². The molecule has 4 heteroatoms. The Balaban J connectivity index is 2.91. The molecular weight excluding hydrogens is 167 g/mol. The quantitative estimate of drug-likeness (QED) is 0.646. The summed E-state index contributed by atoms with van der Waals surface area (Å²) in [6, 6.07) is 2.60. The fraction of sp³-hybridized carbons (Fsp3) is 0. The van der Waals surface area contributed by atoms with E-state index >= 15 is 0 Å². The normalized spacial score (nSPS) is 10.7. The Morgan fingerprint density at radius 2 is 2.27 bits per heavy atom. The summed E-state index contributed by atoms with van der Waals surface area (Å²) >= 11 is 5.68. The molecule has 1 N–H and O–H groups in total. The molecule has 0 saturated heterocycles. The topological polar surface area (TPSA) is 28.7 Å². The molecule has 11 heavy (non-hydrogen) atoms. The van der Waals surface area contributed by atoms with E-state index in [0.717, 1.165) is 0 Å². The molecule has 0 unspecified atom stereocenters. The summed E-state index contributed by atoms with van der Waals surface area (Å²) in [5, 5.41) is 0.334. The molecule has 0 aliphatic rings. The van der Waals surface area contributed by atoms with Crippen molar-refractivity contribution in [1.82, 2.24) is 9.97 Å². The molecule has 2 nitrogen and oxygen atoms in total. The monoisotopic (exact) mass is 170 g/mol. The largest absolute Gasteiger partial charge is 0.344 e. The number of benzene rings is 1. The van der Waals surface area contributed by atoms with Gasteiger partial charge in [0.1, 0.15) is 11.3 Å². The molecule has 0 radical (unpaired) electrons. The first-order chi connectivity index (χ1) is 5.27. The fourth-order valence-corrected chi connectivity index (χ4v) is 1.23. The van der Waals surface area contributed by atoms with Gasteiger partial charge in [-0.1, -0.05) is 11.6 Å². The summed E-state index contributed by atoms with van der Waals surface area (Å²) in [7, 11) is 0. The number of rotatable bonds is 0. The van der Waals surface area contributed by atoms with Gasteiger partial charge in [0.25, 0.3) is 0 Å². The minimum atomic E-state index is -0.355. The summed E-state index contributed by atoms with van der Waals surface area (Å²) < 4.78 is 12.6. The standard InChI is InChI=1S/C7H4ClFN2/c8-5-1-4(9)2-6-7(5)11-3-10-6/h1-3H,(H,10,11). The lowest BCUT2D eigenvalue weighted by molar-refractivity contribution is 0.629. The highest BCUT2D eigenvalue weighted by Crippen LogP contribution is 2.21. The van der Waals surface area contributed by atoms with E-state index in [4.69, 9.17) is 11.6 Å². The van der Waals surface area contributed by atoms with Gasteiger partial charge < -0.3 is 4.98 Å². The van der Waals surface area contributed by atoms with E-state index < -0.39 is 0 Å². The van der Waals surface area contributed by atoms with Crippen LogP contribution in [-0.4, -0.2) is 9.97 Å². The second-order valence-electron chi connectivity index (χ2n) is 2.19. The number of hydrogen-bond donors (Lipinski definition) is 1. The first kappa shape index (κ1) is 6.61. The van der Waals surface area contributed by atoms with Crippen molar-refractivity contribution in [2.45, 2.75) is 0 Å². The van der Waals surface area contributed by atoms with Gasteiger partial charge in [0, 0.05) is 0 Å². The van der Waals surface area contributed by atoms with Gasteiger partial charge in [-0.3, -0.25) is 0 Å². The lowest BCUT2D eigenvalue weighted by Gasteiger charge is -1.91. The van der Waals surface area contributed by atoms with Crippen LogP contribution in [0.1, 0.15) is 0 Å². The van der Waals surface area contributed by atoms with Gasteiger partial charge in [0.05, 0.1) is 16.9 Å². The van der Waals surface area contributed by atoms with Gasteiger partial charge in [0.2, 0.25) is 0 Å². The van der Waals surface area contributed by atoms with E-state index in [2.05, 4.69) is 9.97 Å². The fourth-order valence-electron chi connectivity index (χ4n) is 0.974. The zero-order chi connectivity index (χ0) is 7.84. The summed E-state index contributed by atoms with van der Waals surface area (Å²) in [4.78, 5) is 6.67. The Morgan fingerprint density at radius 3 is 3.09 bits per heavy atom. The number of nitrogens with one attached hydrogen (secondary N) is 1. The molecule has 0 aliphatic heterocycles. The average Bonchev–Trinajstić information content (AvgIpc) is 2.34. The van der Waals surface area contributed by atoms with Crippen LogP contribution >= 0.6 is 11.6 Å².